The van der Waals surface area contributed by atoms with Crippen molar-refractivity contribution in [1.82, 2.24) is 15.5 Å². The highest BCUT2D eigenvalue weighted by atomic mass is 16.2. The predicted molar refractivity (Wildman–Crippen MR) is 94.4 cm³/mol. The highest BCUT2D eigenvalue weighted by Gasteiger charge is 2.58. The number of hydrogen-bond acceptors (Lipinski definition) is 3. The van der Waals surface area contributed by atoms with Crippen molar-refractivity contribution in [2.75, 3.05) is 19.6 Å². The molecule has 3 rings (SSSR count). The molecule has 0 spiro atoms. The number of hydrogen-bond donors (Lipinski definition) is 2. The monoisotopic (exact) mass is 347 g/mol. The Kier molecular flexibility index (Phi) is 4.64. The van der Waals surface area contributed by atoms with Gasteiger partial charge >= 0.3 is 0 Å². The summed E-state index contributed by atoms with van der Waals surface area (Å²) in [6.07, 6.45) is 2.25. The molecule has 6 heteroatoms. The molecule has 1 unspecified atom stereocenters. The van der Waals surface area contributed by atoms with Gasteiger partial charge in [-0.3, -0.25) is 14.4 Å². The molecule has 0 bridgehead atoms. The van der Waals surface area contributed by atoms with Crippen molar-refractivity contribution in [3.8, 4) is 0 Å². The molecule has 0 radical (unpaired) electrons. The minimum absolute atomic E-state index is 0.103. The van der Waals surface area contributed by atoms with Gasteiger partial charge in [0.15, 0.2) is 0 Å². The zero-order chi connectivity index (χ0) is 18.4. The number of carbonyl (C=O) groups is 3. The third kappa shape index (κ3) is 3.88. The molecule has 25 heavy (non-hydrogen) atoms. The summed E-state index contributed by atoms with van der Waals surface area (Å²) in [6, 6.07) is 0.112. The van der Waals surface area contributed by atoms with Gasteiger partial charge in [0.25, 0.3) is 0 Å². The van der Waals surface area contributed by atoms with Crippen molar-refractivity contribution < 1.29 is 14.4 Å². The summed E-state index contributed by atoms with van der Waals surface area (Å²) in [4.78, 5) is 38.2. The van der Waals surface area contributed by atoms with Gasteiger partial charge in [-0.05, 0) is 39.5 Å². The van der Waals surface area contributed by atoms with E-state index in [2.05, 4.69) is 17.2 Å². The molecule has 2 saturated carbocycles. The molecule has 138 valence electrons. The van der Waals surface area contributed by atoms with Gasteiger partial charge < -0.3 is 15.5 Å². The van der Waals surface area contributed by atoms with E-state index in [0.29, 0.717) is 37.4 Å². The van der Waals surface area contributed by atoms with Crippen LogP contribution in [0.2, 0.25) is 0 Å². The SMILES string of the molecule is C=C(C)C(C)(C)C(=O)N1C[C@@H]2C(NC(=O)CC(=O)NCC3CC3)[C@@H]2C1. The summed E-state index contributed by atoms with van der Waals surface area (Å²) >= 11 is 0. The molecule has 0 aromatic heterocycles. The summed E-state index contributed by atoms with van der Waals surface area (Å²) in [5, 5.41) is 5.76. The number of fused-ring (bicyclic) bond motifs is 1. The van der Waals surface area contributed by atoms with Gasteiger partial charge in [-0.15, -0.1) is 0 Å². The third-order valence-corrected chi connectivity index (χ3v) is 6.02. The van der Waals surface area contributed by atoms with Crippen LogP contribution in [0, 0.1) is 23.2 Å². The smallest absolute Gasteiger partial charge is 0.232 e. The summed E-state index contributed by atoms with van der Waals surface area (Å²) in [6.45, 7) is 11.7. The average molecular weight is 347 g/mol. The lowest BCUT2D eigenvalue weighted by atomic mass is 9.84. The maximum Gasteiger partial charge on any atom is 0.232 e. The Labute approximate surface area is 149 Å². The van der Waals surface area contributed by atoms with Gasteiger partial charge in [0, 0.05) is 37.5 Å². The van der Waals surface area contributed by atoms with E-state index in [-0.39, 0.29) is 30.2 Å². The first-order valence-corrected chi connectivity index (χ1v) is 9.21. The number of likely N-dealkylation sites (tertiary alicyclic amines) is 1. The quantitative estimate of drug-likeness (QED) is 0.534. The second-order valence-electron chi connectivity index (χ2n) is 8.46. The van der Waals surface area contributed by atoms with Crippen molar-refractivity contribution in [2.45, 2.75) is 46.1 Å². The van der Waals surface area contributed by atoms with Crippen molar-refractivity contribution in [1.29, 1.82) is 0 Å². The minimum Gasteiger partial charge on any atom is -0.355 e. The summed E-state index contributed by atoms with van der Waals surface area (Å²) in [5.74, 6) is 0.952. The lowest BCUT2D eigenvalue weighted by molar-refractivity contribution is -0.137. The zero-order valence-corrected chi connectivity index (χ0v) is 15.4. The Morgan fingerprint density at radius 3 is 2.24 bits per heavy atom. The van der Waals surface area contributed by atoms with Crippen LogP contribution in [0.1, 0.15) is 40.0 Å². The Balaban J connectivity index is 1.39. The molecule has 6 nitrogen and oxygen atoms in total. The van der Waals surface area contributed by atoms with E-state index in [0.717, 1.165) is 5.57 Å². The summed E-state index contributed by atoms with van der Waals surface area (Å²) in [5.41, 5.74) is 0.315. The van der Waals surface area contributed by atoms with Crippen molar-refractivity contribution in [3.63, 3.8) is 0 Å². The number of nitrogens with one attached hydrogen (secondary N) is 2. The standard InChI is InChI=1S/C19H29N3O3/c1-11(2)19(3,4)18(25)22-9-13-14(10-22)17(13)21-16(24)7-15(23)20-8-12-5-6-12/h12-14,17H,1,5-10H2,2-4H3,(H,20,23)(H,21,24)/t13-,14+,17?. The summed E-state index contributed by atoms with van der Waals surface area (Å²) < 4.78 is 0. The molecule has 2 N–H and O–H groups in total. The van der Waals surface area contributed by atoms with Crippen molar-refractivity contribution in [2.24, 2.45) is 23.2 Å². The van der Waals surface area contributed by atoms with E-state index < -0.39 is 5.41 Å². The van der Waals surface area contributed by atoms with Gasteiger partial charge in [0.1, 0.15) is 6.42 Å². The van der Waals surface area contributed by atoms with Crippen LogP contribution in [0.15, 0.2) is 12.2 Å². The number of rotatable bonds is 7. The first kappa shape index (κ1) is 18.0. The normalized spacial score (nSPS) is 27.5. The van der Waals surface area contributed by atoms with Crippen LogP contribution in [0.25, 0.3) is 0 Å². The molecule has 3 aliphatic rings. The molecule has 2 aliphatic carbocycles. The average Bonchev–Trinajstić information content (AvgIpc) is 3.42. The van der Waals surface area contributed by atoms with E-state index in [4.69, 9.17) is 0 Å². The fourth-order valence-electron chi connectivity index (χ4n) is 3.51. The maximum atomic E-state index is 12.6. The molecule has 1 aliphatic heterocycles. The number of piperidine rings is 1. The van der Waals surface area contributed by atoms with Crippen LogP contribution >= 0.6 is 0 Å². The van der Waals surface area contributed by atoms with Crippen LogP contribution < -0.4 is 10.6 Å². The second kappa shape index (κ2) is 6.46. The van der Waals surface area contributed by atoms with E-state index in [1.165, 1.54) is 12.8 Å². The predicted octanol–water partition coefficient (Wildman–Crippen LogP) is 1.08. The van der Waals surface area contributed by atoms with E-state index in [1.807, 2.05) is 25.7 Å². The van der Waals surface area contributed by atoms with Crippen LogP contribution in [-0.4, -0.2) is 48.3 Å². The van der Waals surface area contributed by atoms with Gasteiger partial charge in [-0.1, -0.05) is 12.2 Å². The van der Waals surface area contributed by atoms with Gasteiger partial charge in [0.2, 0.25) is 17.7 Å². The highest BCUT2D eigenvalue weighted by Crippen LogP contribution is 2.46. The molecular weight excluding hydrogens is 318 g/mol. The van der Waals surface area contributed by atoms with Gasteiger partial charge in [-0.25, -0.2) is 0 Å². The van der Waals surface area contributed by atoms with Crippen molar-refractivity contribution >= 4 is 17.7 Å². The highest BCUT2D eigenvalue weighted by molar-refractivity contribution is 5.97. The molecule has 0 aromatic carbocycles. The zero-order valence-electron chi connectivity index (χ0n) is 15.4. The second-order valence-corrected chi connectivity index (χ2v) is 8.46. The van der Waals surface area contributed by atoms with Crippen LogP contribution in [0.3, 0.4) is 0 Å². The molecule has 0 aromatic rings. The number of carbonyl (C=O) groups excluding carboxylic acids is 3. The topological polar surface area (TPSA) is 78.5 Å². The number of amides is 3. The van der Waals surface area contributed by atoms with Crippen LogP contribution in [0.4, 0.5) is 0 Å². The summed E-state index contributed by atoms with van der Waals surface area (Å²) in [7, 11) is 0. The molecule has 3 atom stereocenters. The van der Waals surface area contributed by atoms with Crippen LogP contribution in [0.5, 0.6) is 0 Å². The number of nitrogens with zero attached hydrogens (tertiary/aromatic N) is 1. The van der Waals surface area contributed by atoms with Gasteiger partial charge in [-0.2, -0.15) is 0 Å². The molecular formula is C19H29N3O3. The fourth-order valence-corrected chi connectivity index (χ4v) is 3.51. The lowest BCUT2D eigenvalue weighted by Crippen LogP contribution is -2.44. The molecule has 1 saturated heterocycles. The molecule has 3 amide bonds. The molecule has 3 fully saturated rings. The Bertz CT molecular complexity index is 597. The third-order valence-electron chi connectivity index (χ3n) is 6.02. The Morgan fingerprint density at radius 2 is 1.72 bits per heavy atom. The first-order chi connectivity index (χ1) is 11.7. The van der Waals surface area contributed by atoms with E-state index in [1.54, 1.807) is 0 Å². The maximum absolute atomic E-state index is 12.6. The first-order valence-electron chi connectivity index (χ1n) is 9.21. The Morgan fingerprint density at radius 1 is 1.12 bits per heavy atom. The van der Waals surface area contributed by atoms with E-state index >= 15 is 0 Å². The Hall–Kier alpha value is -1.85. The van der Waals surface area contributed by atoms with Crippen molar-refractivity contribution in [3.05, 3.63) is 12.2 Å². The van der Waals surface area contributed by atoms with Gasteiger partial charge in [0.05, 0.1) is 5.41 Å². The fraction of sp³-hybridized carbons (Fsp3) is 0.737. The largest absolute Gasteiger partial charge is 0.355 e. The van der Waals surface area contributed by atoms with Crippen LogP contribution in [-0.2, 0) is 14.4 Å². The molecule has 1 heterocycles. The lowest BCUT2D eigenvalue weighted by Gasteiger charge is -2.31. The minimum atomic E-state index is -0.546. The van der Waals surface area contributed by atoms with E-state index in [9.17, 15) is 14.4 Å².